The fourth-order valence-electron chi connectivity index (χ4n) is 3.47. The number of carbonyl (C=O) groups is 2. The summed E-state index contributed by atoms with van der Waals surface area (Å²) in [5.74, 6) is 1.48. The summed E-state index contributed by atoms with van der Waals surface area (Å²) in [6, 6.07) is 12.3. The van der Waals surface area contributed by atoms with Crippen LogP contribution in [0.3, 0.4) is 0 Å². The Morgan fingerprint density at radius 3 is 2.00 bits per heavy atom. The van der Waals surface area contributed by atoms with E-state index in [0.29, 0.717) is 61.0 Å². The van der Waals surface area contributed by atoms with Crippen molar-refractivity contribution in [2.75, 3.05) is 47.5 Å². The number of benzene rings is 2. The van der Waals surface area contributed by atoms with Gasteiger partial charge in [0.25, 0.3) is 11.8 Å². The molecule has 0 atom stereocenters. The first-order valence-electron chi connectivity index (χ1n) is 9.52. The molecule has 1 aliphatic heterocycles. The Hall–Kier alpha value is -3.22. The molecule has 1 fully saturated rings. The average molecular weight is 398 g/mol. The van der Waals surface area contributed by atoms with Gasteiger partial charge in [-0.25, -0.2) is 0 Å². The van der Waals surface area contributed by atoms with Crippen molar-refractivity contribution >= 4 is 11.8 Å². The van der Waals surface area contributed by atoms with Gasteiger partial charge in [0.2, 0.25) is 0 Å². The number of methoxy groups -OCH3 is 3. The van der Waals surface area contributed by atoms with Crippen molar-refractivity contribution in [3.05, 3.63) is 53.6 Å². The fourth-order valence-corrected chi connectivity index (χ4v) is 3.47. The van der Waals surface area contributed by atoms with E-state index in [2.05, 4.69) is 0 Å². The second-order valence-electron chi connectivity index (χ2n) is 6.71. The molecule has 1 saturated heterocycles. The van der Waals surface area contributed by atoms with Gasteiger partial charge in [0, 0.05) is 31.7 Å². The highest BCUT2D eigenvalue weighted by atomic mass is 16.5. The topological polar surface area (TPSA) is 68.3 Å². The maximum absolute atomic E-state index is 13.0. The van der Waals surface area contributed by atoms with Crippen LogP contribution in [0.25, 0.3) is 0 Å². The Labute approximate surface area is 170 Å². The molecule has 0 aliphatic carbocycles. The van der Waals surface area contributed by atoms with Gasteiger partial charge in [0.15, 0.2) is 11.5 Å². The molecule has 1 heterocycles. The monoisotopic (exact) mass is 398 g/mol. The van der Waals surface area contributed by atoms with Crippen LogP contribution in [0.1, 0.15) is 27.1 Å². The summed E-state index contributed by atoms with van der Waals surface area (Å²) in [5.41, 5.74) is 1.07. The molecular formula is C22H26N2O5. The van der Waals surface area contributed by atoms with E-state index in [1.54, 1.807) is 61.5 Å². The number of hydrogen-bond donors (Lipinski definition) is 0. The number of rotatable bonds is 5. The number of carbonyl (C=O) groups excluding carboxylic acids is 2. The molecule has 29 heavy (non-hydrogen) atoms. The van der Waals surface area contributed by atoms with Gasteiger partial charge in [0.05, 0.1) is 26.9 Å². The summed E-state index contributed by atoms with van der Waals surface area (Å²) in [6.07, 6.45) is 0.708. The molecular weight excluding hydrogens is 372 g/mol. The zero-order chi connectivity index (χ0) is 20.8. The lowest BCUT2D eigenvalue weighted by molar-refractivity contribution is 0.0716. The molecule has 154 valence electrons. The van der Waals surface area contributed by atoms with Gasteiger partial charge < -0.3 is 24.0 Å². The summed E-state index contributed by atoms with van der Waals surface area (Å²) in [7, 11) is 4.65. The summed E-state index contributed by atoms with van der Waals surface area (Å²) in [6.45, 7) is 2.11. The van der Waals surface area contributed by atoms with Crippen molar-refractivity contribution in [2.45, 2.75) is 6.42 Å². The molecule has 2 amide bonds. The number of para-hydroxylation sites is 1. The second kappa shape index (κ2) is 9.32. The third-order valence-electron chi connectivity index (χ3n) is 5.04. The maximum atomic E-state index is 13.0. The predicted octanol–water partition coefficient (Wildman–Crippen LogP) is 2.70. The van der Waals surface area contributed by atoms with Gasteiger partial charge in [-0.1, -0.05) is 12.1 Å². The molecule has 0 bridgehead atoms. The summed E-state index contributed by atoms with van der Waals surface area (Å²) in [4.78, 5) is 29.5. The van der Waals surface area contributed by atoms with Crippen LogP contribution in [0, 0.1) is 0 Å². The Morgan fingerprint density at radius 2 is 1.34 bits per heavy atom. The molecule has 0 N–H and O–H groups in total. The minimum absolute atomic E-state index is 0.0807. The average Bonchev–Trinajstić information content (AvgIpc) is 3.03. The van der Waals surface area contributed by atoms with Crippen LogP contribution in [-0.2, 0) is 0 Å². The van der Waals surface area contributed by atoms with Crippen LogP contribution in [0.15, 0.2) is 42.5 Å². The van der Waals surface area contributed by atoms with Gasteiger partial charge in [-0.05, 0) is 36.8 Å². The van der Waals surface area contributed by atoms with E-state index in [-0.39, 0.29) is 11.8 Å². The summed E-state index contributed by atoms with van der Waals surface area (Å²) in [5, 5.41) is 0. The SMILES string of the molecule is COc1ccc(C(=O)N2CCCN(C(=O)c3ccccc3OC)CC2)cc1OC. The lowest BCUT2D eigenvalue weighted by Gasteiger charge is -2.23. The van der Waals surface area contributed by atoms with Crippen molar-refractivity contribution in [1.82, 2.24) is 9.80 Å². The number of nitrogens with zero attached hydrogens (tertiary/aromatic N) is 2. The first-order chi connectivity index (χ1) is 14.1. The fraction of sp³-hybridized carbons (Fsp3) is 0.364. The van der Waals surface area contributed by atoms with Gasteiger partial charge in [-0.3, -0.25) is 9.59 Å². The van der Waals surface area contributed by atoms with Gasteiger partial charge in [0.1, 0.15) is 5.75 Å². The molecule has 0 unspecified atom stereocenters. The van der Waals surface area contributed by atoms with Crippen molar-refractivity contribution in [1.29, 1.82) is 0 Å². The van der Waals surface area contributed by atoms with Crippen LogP contribution in [-0.4, -0.2) is 69.1 Å². The molecule has 3 rings (SSSR count). The van der Waals surface area contributed by atoms with Crippen molar-refractivity contribution < 1.29 is 23.8 Å². The number of ether oxygens (including phenoxy) is 3. The first-order valence-corrected chi connectivity index (χ1v) is 9.52. The first kappa shape index (κ1) is 20.5. The van der Waals surface area contributed by atoms with Crippen molar-refractivity contribution in [3.8, 4) is 17.2 Å². The van der Waals surface area contributed by atoms with Crippen LogP contribution in [0.4, 0.5) is 0 Å². The molecule has 0 radical (unpaired) electrons. The summed E-state index contributed by atoms with van der Waals surface area (Å²) < 4.78 is 15.8. The smallest absolute Gasteiger partial charge is 0.257 e. The number of hydrogen-bond acceptors (Lipinski definition) is 5. The highest BCUT2D eigenvalue weighted by molar-refractivity contribution is 5.97. The quantitative estimate of drug-likeness (QED) is 0.775. The van der Waals surface area contributed by atoms with E-state index < -0.39 is 0 Å². The van der Waals surface area contributed by atoms with Gasteiger partial charge in [-0.2, -0.15) is 0 Å². The molecule has 0 aromatic heterocycles. The van der Waals surface area contributed by atoms with E-state index in [1.807, 2.05) is 12.1 Å². The van der Waals surface area contributed by atoms with Crippen molar-refractivity contribution in [2.24, 2.45) is 0 Å². The zero-order valence-electron chi connectivity index (χ0n) is 17.0. The summed E-state index contributed by atoms with van der Waals surface area (Å²) >= 11 is 0. The van der Waals surface area contributed by atoms with Crippen molar-refractivity contribution in [3.63, 3.8) is 0 Å². The zero-order valence-corrected chi connectivity index (χ0v) is 17.0. The van der Waals surface area contributed by atoms with Crippen LogP contribution in [0.2, 0.25) is 0 Å². The van der Waals surface area contributed by atoms with E-state index in [1.165, 1.54) is 0 Å². The van der Waals surface area contributed by atoms with Crippen LogP contribution >= 0.6 is 0 Å². The Balaban J connectivity index is 1.71. The highest BCUT2D eigenvalue weighted by Crippen LogP contribution is 2.28. The molecule has 2 aromatic carbocycles. The van der Waals surface area contributed by atoms with E-state index >= 15 is 0 Å². The largest absolute Gasteiger partial charge is 0.496 e. The molecule has 0 saturated carbocycles. The number of amides is 2. The molecule has 7 nitrogen and oxygen atoms in total. The Morgan fingerprint density at radius 1 is 0.724 bits per heavy atom. The minimum atomic E-state index is -0.0856. The predicted molar refractivity (Wildman–Crippen MR) is 109 cm³/mol. The lowest BCUT2D eigenvalue weighted by atomic mass is 10.1. The van der Waals surface area contributed by atoms with Crippen LogP contribution < -0.4 is 14.2 Å². The van der Waals surface area contributed by atoms with E-state index in [9.17, 15) is 9.59 Å². The Kier molecular flexibility index (Phi) is 6.59. The third-order valence-corrected chi connectivity index (χ3v) is 5.04. The lowest BCUT2D eigenvalue weighted by Crippen LogP contribution is -2.37. The molecule has 0 spiro atoms. The third kappa shape index (κ3) is 4.45. The molecule has 1 aliphatic rings. The normalized spacial score (nSPS) is 14.2. The minimum Gasteiger partial charge on any atom is -0.496 e. The Bertz CT molecular complexity index is 883. The van der Waals surface area contributed by atoms with E-state index in [4.69, 9.17) is 14.2 Å². The maximum Gasteiger partial charge on any atom is 0.257 e. The molecule has 7 heteroatoms. The highest BCUT2D eigenvalue weighted by Gasteiger charge is 2.25. The van der Waals surface area contributed by atoms with Crippen LogP contribution in [0.5, 0.6) is 17.2 Å². The standard InChI is InChI=1S/C22H26N2O5/c1-27-18-8-5-4-7-17(18)22(26)24-12-6-11-23(13-14-24)21(25)16-9-10-19(28-2)20(15-16)29-3/h4-5,7-10,15H,6,11-14H2,1-3H3. The van der Waals surface area contributed by atoms with E-state index in [0.717, 1.165) is 0 Å². The molecule has 2 aromatic rings. The van der Waals surface area contributed by atoms with Gasteiger partial charge >= 0.3 is 0 Å². The van der Waals surface area contributed by atoms with Gasteiger partial charge in [-0.15, -0.1) is 0 Å². The second-order valence-corrected chi connectivity index (χ2v) is 6.71.